The summed E-state index contributed by atoms with van der Waals surface area (Å²) >= 11 is 14.1. The van der Waals surface area contributed by atoms with Crippen LogP contribution in [0, 0.1) is 0 Å². The summed E-state index contributed by atoms with van der Waals surface area (Å²) in [4.78, 5) is 21.9. The molecule has 0 saturated heterocycles. The van der Waals surface area contributed by atoms with E-state index in [1.807, 2.05) is 30.3 Å². The molecule has 21 heavy (non-hydrogen) atoms. The Kier molecular flexibility index (Phi) is 8.67. The number of benzene rings is 1. The van der Waals surface area contributed by atoms with Crippen molar-refractivity contribution in [1.82, 2.24) is 0 Å². The van der Waals surface area contributed by atoms with Crippen molar-refractivity contribution in [3.63, 3.8) is 0 Å². The van der Waals surface area contributed by atoms with E-state index in [0.717, 1.165) is 5.56 Å². The number of hydrogen-bond donors (Lipinski definition) is 1. The van der Waals surface area contributed by atoms with Crippen molar-refractivity contribution in [3.05, 3.63) is 35.9 Å². The number of carbonyl (C=O) groups excluding carboxylic acids is 1. The Bertz CT molecular complexity index is 480. The van der Waals surface area contributed by atoms with Crippen LogP contribution in [0.4, 0.5) is 0 Å². The highest BCUT2D eigenvalue weighted by molar-refractivity contribution is 9.14. The third kappa shape index (κ3) is 6.12. The predicted molar refractivity (Wildman–Crippen MR) is 98.1 cm³/mol. The van der Waals surface area contributed by atoms with Gasteiger partial charge in [0.25, 0.3) is 0 Å². The van der Waals surface area contributed by atoms with Crippen LogP contribution in [0.25, 0.3) is 0 Å². The number of rotatable bonds is 8. The molecule has 1 aromatic carbocycles. The predicted octanol–water partition coefficient (Wildman–Crippen LogP) is 4.85. The van der Waals surface area contributed by atoms with Gasteiger partial charge in [0.2, 0.25) is 0 Å². The number of carbonyl (C=O) groups is 2. The van der Waals surface area contributed by atoms with Crippen LogP contribution < -0.4 is 0 Å². The summed E-state index contributed by atoms with van der Waals surface area (Å²) < 4.78 is 0. The minimum Gasteiger partial charge on any atom is -0.481 e. The van der Waals surface area contributed by atoms with Crippen molar-refractivity contribution < 1.29 is 14.7 Å². The lowest BCUT2D eigenvalue weighted by Crippen LogP contribution is -2.33. The van der Waals surface area contributed by atoms with E-state index in [4.69, 9.17) is 5.11 Å². The molecular formula is C14H14Br4O3. The highest BCUT2D eigenvalue weighted by Crippen LogP contribution is 2.38. The Morgan fingerprint density at radius 1 is 0.952 bits per heavy atom. The summed E-state index contributed by atoms with van der Waals surface area (Å²) in [5.41, 5.74) is 1.10. The highest BCUT2D eigenvalue weighted by atomic mass is 79.9. The summed E-state index contributed by atoms with van der Waals surface area (Å²) in [5, 5.41) is 8.63. The molecule has 0 aliphatic carbocycles. The molecule has 1 N–H and O–H groups in total. The molecule has 1 rings (SSSR count). The van der Waals surface area contributed by atoms with Crippen molar-refractivity contribution in [3.8, 4) is 0 Å². The van der Waals surface area contributed by atoms with E-state index in [1.165, 1.54) is 0 Å². The van der Waals surface area contributed by atoms with Gasteiger partial charge in [-0.3, -0.25) is 9.59 Å². The largest absolute Gasteiger partial charge is 0.481 e. The minimum absolute atomic E-state index is 0.0192. The molecule has 0 unspecified atom stereocenters. The van der Waals surface area contributed by atoms with Gasteiger partial charge in [-0.2, -0.15) is 0 Å². The number of carboxylic acid groups (broad SMARTS) is 1. The fourth-order valence-electron chi connectivity index (χ4n) is 1.69. The van der Waals surface area contributed by atoms with E-state index in [1.54, 1.807) is 0 Å². The molecule has 0 aliphatic rings. The van der Waals surface area contributed by atoms with Gasteiger partial charge in [-0.1, -0.05) is 94.1 Å². The van der Waals surface area contributed by atoms with Gasteiger partial charge in [-0.25, -0.2) is 0 Å². The van der Waals surface area contributed by atoms with Crippen molar-refractivity contribution in [2.24, 2.45) is 0 Å². The van der Waals surface area contributed by atoms with Crippen molar-refractivity contribution in [1.29, 1.82) is 0 Å². The molecule has 0 spiro atoms. The normalized spacial score (nSPS) is 16.8. The van der Waals surface area contributed by atoms with Crippen LogP contribution >= 0.6 is 63.7 Å². The van der Waals surface area contributed by atoms with Gasteiger partial charge in [-0.15, -0.1) is 0 Å². The van der Waals surface area contributed by atoms with Crippen molar-refractivity contribution >= 4 is 75.5 Å². The van der Waals surface area contributed by atoms with Crippen LogP contribution in [-0.2, 0) is 9.59 Å². The molecule has 3 nitrogen and oxygen atoms in total. The number of ketones is 1. The summed E-state index contributed by atoms with van der Waals surface area (Å²) in [6.45, 7) is 0. The van der Waals surface area contributed by atoms with E-state index >= 15 is 0 Å². The average Bonchev–Trinajstić information content (AvgIpc) is 2.50. The quantitative estimate of drug-likeness (QED) is 0.472. The lowest BCUT2D eigenvalue weighted by Gasteiger charge is -2.25. The zero-order valence-electron chi connectivity index (χ0n) is 10.9. The average molecular weight is 550 g/mol. The molecule has 4 atom stereocenters. The van der Waals surface area contributed by atoms with Gasteiger partial charge in [-0.05, 0) is 5.56 Å². The third-order valence-electron chi connectivity index (χ3n) is 2.87. The summed E-state index contributed by atoms with van der Waals surface area (Å²) in [7, 11) is 0. The zero-order chi connectivity index (χ0) is 16.0. The van der Waals surface area contributed by atoms with Gasteiger partial charge >= 0.3 is 5.97 Å². The van der Waals surface area contributed by atoms with Crippen LogP contribution in [0.5, 0.6) is 0 Å². The van der Waals surface area contributed by atoms with E-state index in [-0.39, 0.29) is 33.1 Å². The SMILES string of the molecule is O=C(O)CCC(=O)[C@@H](Br)[C@@H](Br)[C@@H](Br)[C@@H](Br)c1ccccc1. The smallest absolute Gasteiger partial charge is 0.303 e. The number of carboxylic acids is 1. The lowest BCUT2D eigenvalue weighted by atomic mass is 10.0. The maximum absolute atomic E-state index is 12.0. The van der Waals surface area contributed by atoms with E-state index < -0.39 is 10.8 Å². The second kappa shape index (κ2) is 9.43. The number of aliphatic carboxylic acids is 1. The number of alkyl halides is 4. The summed E-state index contributed by atoms with van der Waals surface area (Å²) in [6.07, 6.45) is -0.130. The monoisotopic (exact) mass is 546 g/mol. The molecule has 0 saturated carbocycles. The molecule has 0 aromatic heterocycles. The maximum Gasteiger partial charge on any atom is 0.303 e. The molecule has 0 heterocycles. The van der Waals surface area contributed by atoms with Crippen LogP contribution in [0.15, 0.2) is 30.3 Å². The number of Topliss-reactive ketones (excluding diaryl/α,β-unsaturated/α-hetero) is 1. The lowest BCUT2D eigenvalue weighted by molar-refractivity contribution is -0.138. The molecule has 116 valence electrons. The molecule has 0 aliphatic heterocycles. The molecule has 7 heteroatoms. The molecule has 0 radical (unpaired) electrons. The van der Waals surface area contributed by atoms with Gasteiger partial charge in [0.05, 0.1) is 16.1 Å². The Hall–Kier alpha value is 0.280. The van der Waals surface area contributed by atoms with Gasteiger partial charge < -0.3 is 5.11 Å². The second-order valence-corrected chi connectivity index (χ2v) is 8.55. The zero-order valence-corrected chi connectivity index (χ0v) is 17.2. The Labute approximate surface area is 157 Å². The van der Waals surface area contributed by atoms with Gasteiger partial charge in [0.15, 0.2) is 0 Å². The van der Waals surface area contributed by atoms with Gasteiger partial charge in [0, 0.05) is 16.1 Å². The topological polar surface area (TPSA) is 54.4 Å². The molecule has 0 amide bonds. The fraction of sp³-hybridized carbons (Fsp3) is 0.429. The van der Waals surface area contributed by atoms with E-state index in [0.29, 0.717) is 0 Å². The first-order valence-electron chi connectivity index (χ1n) is 6.20. The Morgan fingerprint density at radius 2 is 1.52 bits per heavy atom. The molecule has 0 bridgehead atoms. The number of halogens is 4. The molecule has 1 aromatic rings. The standard InChI is InChI=1S/C14H14Br4O3/c15-11(8-4-2-1-3-5-8)13(17)14(18)12(16)9(19)6-7-10(20)21/h1-5,11-14H,6-7H2,(H,20,21)/t11-,12+,13-,14+/m0/s1. The first-order valence-corrected chi connectivity index (χ1v) is 9.86. The third-order valence-corrected chi connectivity index (χ3v) is 9.38. The second-order valence-electron chi connectivity index (χ2n) is 4.46. The van der Waals surface area contributed by atoms with Crippen LogP contribution in [-0.4, -0.2) is 31.3 Å². The summed E-state index contributed by atoms with van der Waals surface area (Å²) in [5.74, 6) is -1.09. The summed E-state index contributed by atoms with van der Waals surface area (Å²) in [6, 6.07) is 9.86. The Morgan fingerprint density at radius 3 is 2.05 bits per heavy atom. The highest BCUT2D eigenvalue weighted by Gasteiger charge is 2.33. The van der Waals surface area contributed by atoms with E-state index in [9.17, 15) is 9.59 Å². The van der Waals surface area contributed by atoms with Crippen LogP contribution in [0.2, 0.25) is 0 Å². The first-order chi connectivity index (χ1) is 9.84. The van der Waals surface area contributed by atoms with Crippen molar-refractivity contribution in [2.75, 3.05) is 0 Å². The Balaban J connectivity index is 2.66. The molecule has 0 fully saturated rings. The number of hydrogen-bond acceptors (Lipinski definition) is 2. The van der Waals surface area contributed by atoms with E-state index in [2.05, 4.69) is 63.7 Å². The van der Waals surface area contributed by atoms with Crippen LogP contribution in [0.3, 0.4) is 0 Å². The van der Waals surface area contributed by atoms with Crippen LogP contribution in [0.1, 0.15) is 23.2 Å². The van der Waals surface area contributed by atoms with Gasteiger partial charge in [0.1, 0.15) is 5.78 Å². The maximum atomic E-state index is 12.0. The minimum atomic E-state index is -0.966. The van der Waals surface area contributed by atoms with Crippen molar-refractivity contribution in [2.45, 2.75) is 32.2 Å². The fourth-order valence-corrected chi connectivity index (χ4v) is 4.91. The molecular weight excluding hydrogens is 536 g/mol. The first kappa shape index (κ1) is 19.3.